The molecular weight excluding hydrogens is 372 g/mol. The fraction of sp³-hybridized carbons (Fsp3) is 0.318. The van der Waals surface area contributed by atoms with E-state index in [-0.39, 0.29) is 37.7 Å². The van der Waals surface area contributed by atoms with Crippen molar-refractivity contribution in [2.75, 3.05) is 13.7 Å². The molecule has 0 spiro atoms. The van der Waals surface area contributed by atoms with E-state index in [0.29, 0.717) is 5.56 Å². The van der Waals surface area contributed by atoms with Gasteiger partial charge in [-0.3, -0.25) is 9.59 Å². The predicted molar refractivity (Wildman–Crippen MR) is 106 cm³/mol. The number of carbonyl (C=O) groups excluding carboxylic acids is 3. The molecule has 0 aromatic heterocycles. The molecule has 29 heavy (non-hydrogen) atoms. The van der Waals surface area contributed by atoms with Gasteiger partial charge in [-0.2, -0.15) is 0 Å². The first-order valence-corrected chi connectivity index (χ1v) is 9.44. The van der Waals surface area contributed by atoms with Gasteiger partial charge in [0.2, 0.25) is 11.8 Å². The Morgan fingerprint density at radius 3 is 2.41 bits per heavy atom. The van der Waals surface area contributed by atoms with Gasteiger partial charge in [0.1, 0.15) is 6.04 Å². The second kappa shape index (κ2) is 9.34. The van der Waals surface area contributed by atoms with Gasteiger partial charge in [0, 0.05) is 19.5 Å². The maximum absolute atomic E-state index is 12.7. The Hall–Kier alpha value is -3.19. The monoisotopic (exact) mass is 396 g/mol. The molecule has 0 radical (unpaired) electrons. The van der Waals surface area contributed by atoms with Crippen LogP contribution in [-0.4, -0.2) is 53.6 Å². The minimum Gasteiger partial charge on any atom is -0.465 e. The molecule has 2 atom stereocenters. The quantitative estimate of drug-likeness (QED) is 0.718. The Labute approximate surface area is 169 Å². The van der Waals surface area contributed by atoms with E-state index in [0.717, 1.165) is 11.1 Å². The zero-order chi connectivity index (χ0) is 20.8. The lowest BCUT2D eigenvalue weighted by Gasteiger charge is -2.24. The van der Waals surface area contributed by atoms with E-state index in [1.807, 2.05) is 30.3 Å². The van der Waals surface area contributed by atoms with Gasteiger partial charge in [0.05, 0.1) is 25.2 Å². The molecule has 2 unspecified atom stereocenters. The van der Waals surface area contributed by atoms with Crippen molar-refractivity contribution in [1.82, 2.24) is 10.2 Å². The van der Waals surface area contributed by atoms with E-state index in [1.54, 1.807) is 24.3 Å². The number of aliphatic hydroxyl groups is 1. The van der Waals surface area contributed by atoms with Crippen LogP contribution in [0.5, 0.6) is 0 Å². The van der Waals surface area contributed by atoms with E-state index in [9.17, 15) is 19.5 Å². The van der Waals surface area contributed by atoms with E-state index in [4.69, 9.17) is 0 Å². The number of nitrogens with zero attached hydrogens (tertiary/aromatic N) is 1. The number of ether oxygens (including phenoxy) is 1. The zero-order valence-electron chi connectivity index (χ0n) is 16.2. The summed E-state index contributed by atoms with van der Waals surface area (Å²) in [5.74, 6) is -0.913. The van der Waals surface area contributed by atoms with Gasteiger partial charge in [0.25, 0.3) is 0 Å². The Morgan fingerprint density at radius 1 is 1.07 bits per heavy atom. The number of methoxy groups -OCH3 is 1. The molecule has 1 aliphatic heterocycles. The lowest BCUT2D eigenvalue weighted by Crippen LogP contribution is -2.46. The molecule has 3 rings (SSSR count). The average Bonchev–Trinajstić information content (AvgIpc) is 3.14. The Balaban J connectivity index is 1.59. The van der Waals surface area contributed by atoms with E-state index < -0.39 is 18.1 Å². The number of nitrogens with one attached hydrogen (secondary N) is 1. The van der Waals surface area contributed by atoms with Crippen LogP contribution >= 0.6 is 0 Å². The van der Waals surface area contributed by atoms with E-state index in [1.165, 1.54) is 12.0 Å². The van der Waals surface area contributed by atoms with Crippen LogP contribution in [0, 0.1) is 0 Å². The number of carbonyl (C=O) groups is 3. The van der Waals surface area contributed by atoms with Crippen molar-refractivity contribution < 1.29 is 24.2 Å². The highest BCUT2D eigenvalue weighted by Gasteiger charge is 2.38. The second-order valence-corrected chi connectivity index (χ2v) is 7.02. The van der Waals surface area contributed by atoms with Gasteiger partial charge < -0.3 is 20.1 Å². The third-order valence-corrected chi connectivity index (χ3v) is 4.94. The topological polar surface area (TPSA) is 95.9 Å². The van der Waals surface area contributed by atoms with Crippen molar-refractivity contribution >= 4 is 17.8 Å². The average molecular weight is 396 g/mol. The van der Waals surface area contributed by atoms with Gasteiger partial charge in [-0.15, -0.1) is 0 Å². The summed E-state index contributed by atoms with van der Waals surface area (Å²) in [6.07, 6.45) is -0.315. The summed E-state index contributed by atoms with van der Waals surface area (Å²) < 4.78 is 4.66. The highest BCUT2D eigenvalue weighted by molar-refractivity contribution is 5.90. The van der Waals surface area contributed by atoms with Crippen LogP contribution in [0.4, 0.5) is 0 Å². The summed E-state index contributed by atoms with van der Waals surface area (Å²) in [5, 5.41) is 12.8. The summed E-state index contributed by atoms with van der Waals surface area (Å²) >= 11 is 0. The maximum Gasteiger partial charge on any atom is 0.337 e. The fourth-order valence-electron chi connectivity index (χ4n) is 3.39. The number of benzene rings is 2. The van der Waals surface area contributed by atoms with Gasteiger partial charge in [-0.25, -0.2) is 4.79 Å². The van der Waals surface area contributed by atoms with Gasteiger partial charge in [-0.05, 0) is 23.3 Å². The number of likely N-dealkylation sites (tertiary alicyclic amines) is 1. The smallest absolute Gasteiger partial charge is 0.337 e. The molecular formula is C22H24N2O5. The number of rotatable bonds is 6. The standard InChI is InChI=1S/C22H24N2O5/c1-29-22(28)17-9-7-16(8-10-17)13-23-21(27)19-12-18(25)14-24(19)20(26)11-15-5-3-2-4-6-15/h2-10,18-19,25H,11-14H2,1H3,(H,23,27). The SMILES string of the molecule is COC(=O)c1ccc(CNC(=O)C2CC(O)CN2C(=O)Cc2ccccc2)cc1. The Bertz CT molecular complexity index is 867. The van der Waals surface area contributed by atoms with Crippen molar-refractivity contribution in [1.29, 1.82) is 0 Å². The van der Waals surface area contributed by atoms with Crippen molar-refractivity contribution in [2.45, 2.75) is 31.5 Å². The van der Waals surface area contributed by atoms with Crippen molar-refractivity contribution in [2.24, 2.45) is 0 Å². The highest BCUT2D eigenvalue weighted by Crippen LogP contribution is 2.20. The number of amides is 2. The van der Waals surface area contributed by atoms with Crippen LogP contribution < -0.4 is 5.32 Å². The number of aliphatic hydroxyl groups excluding tert-OH is 1. The fourth-order valence-corrected chi connectivity index (χ4v) is 3.39. The van der Waals surface area contributed by atoms with E-state index in [2.05, 4.69) is 10.1 Å². The van der Waals surface area contributed by atoms with Gasteiger partial charge in [-0.1, -0.05) is 42.5 Å². The summed E-state index contributed by atoms with van der Waals surface area (Å²) in [5.41, 5.74) is 2.11. The summed E-state index contributed by atoms with van der Waals surface area (Å²) in [6, 6.07) is 15.3. The van der Waals surface area contributed by atoms with Crippen LogP contribution in [-0.2, 0) is 27.3 Å². The molecule has 2 aromatic rings. The summed E-state index contributed by atoms with van der Waals surface area (Å²) in [6.45, 7) is 0.408. The minimum atomic E-state index is -0.718. The molecule has 2 amide bonds. The maximum atomic E-state index is 12.7. The first-order chi connectivity index (χ1) is 14.0. The predicted octanol–water partition coefficient (Wildman–Crippen LogP) is 1.29. The number of hydrogen-bond donors (Lipinski definition) is 2. The zero-order valence-corrected chi connectivity index (χ0v) is 16.2. The van der Waals surface area contributed by atoms with Crippen LogP contribution in [0.3, 0.4) is 0 Å². The third kappa shape index (κ3) is 5.20. The van der Waals surface area contributed by atoms with Crippen LogP contribution in [0.25, 0.3) is 0 Å². The minimum absolute atomic E-state index is 0.150. The normalized spacial score (nSPS) is 18.3. The molecule has 1 saturated heterocycles. The van der Waals surface area contributed by atoms with Crippen molar-refractivity contribution in [3.8, 4) is 0 Å². The number of β-amino-alcohol motifs (C(OH)–C–C–N with tert-alkyl or cyclic N) is 1. The van der Waals surface area contributed by atoms with Crippen LogP contribution in [0.1, 0.15) is 27.9 Å². The largest absolute Gasteiger partial charge is 0.465 e. The molecule has 7 heteroatoms. The third-order valence-electron chi connectivity index (χ3n) is 4.94. The molecule has 0 bridgehead atoms. The highest BCUT2D eigenvalue weighted by atomic mass is 16.5. The molecule has 2 aromatic carbocycles. The van der Waals surface area contributed by atoms with Crippen molar-refractivity contribution in [3.05, 3.63) is 71.3 Å². The summed E-state index contributed by atoms with van der Waals surface area (Å²) in [4.78, 5) is 38.3. The van der Waals surface area contributed by atoms with Gasteiger partial charge in [0.15, 0.2) is 0 Å². The Morgan fingerprint density at radius 2 is 1.76 bits per heavy atom. The molecule has 1 aliphatic rings. The molecule has 2 N–H and O–H groups in total. The molecule has 152 valence electrons. The Kier molecular flexibility index (Phi) is 6.61. The van der Waals surface area contributed by atoms with Crippen LogP contribution in [0.15, 0.2) is 54.6 Å². The molecule has 0 aliphatic carbocycles. The van der Waals surface area contributed by atoms with Crippen molar-refractivity contribution in [3.63, 3.8) is 0 Å². The molecule has 1 fully saturated rings. The number of hydrogen-bond acceptors (Lipinski definition) is 5. The van der Waals surface area contributed by atoms with E-state index >= 15 is 0 Å². The lowest BCUT2D eigenvalue weighted by molar-refractivity contribution is -0.138. The summed E-state index contributed by atoms with van der Waals surface area (Å²) in [7, 11) is 1.32. The van der Waals surface area contributed by atoms with Gasteiger partial charge >= 0.3 is 5.97 Å². The van der Waals surface area contributed by atoms with Crippen LogP contribution in [0.2, 0.25) is 0 Å². The molecule has 1 heterocycles. The second-order valence-electron chi connectivity index (χ2n) is 7.02. The number of esters is 1. The molecule has 0 saturated carbocycles. The first kappa shape index (κ1) is 20.5. The lowest BCUT2D eigenvalue weighted by atomic mass is 10.1. The molecule has 7 nitrogen and oxygen atoms in total. The first-order valence-electron chi connectivity index (χ1n) is 9.44.